The minimum atomic E-state index is -0.141. The molecule has 0 fully saturated rings. The van der Waals surface area contributed by atoms with Crippen LogP contribution in [0, 0.1) is 0 Å². The fourth-order valence-corrected chi connectivity index (χ4v) is 3.10. The maximum absolute atomic E-state index is 12.9. The lowest BCUT2D eigenvalue weighted by molar-refractivity contribution is 0.103. The quantitative estimate of drug-likeness (QED) is 0.411. The number of methoxy groups -OCH3 is 4. The number of nitrogens with two attached hydrogens (primary N) is 1. The predicted octanol–water partition coefficient (Wildman–Crippen LogP) is 3.66. The van der Waals surface area contributed by atoms with Gasteiger partial charge in [0.05, 0.1) is 39.8 Å². The van der Waals surface area contributed by atoms with Crippen LogP contribution >= 0.6 is 0 Å². The first kappa shape index (κ1) is 21.9. The van der Waals surface area contributed by atoms with E-state index in [9.17, 15) is 4.79 Å². The number of rotatable bonds is 8. The molecule has 29 heavy (non-hydrogen) atoms. The Morgan fingerprint density at radius 1 is 0.931 bits per heavy atom. The number of hydrogen-bond donors (Lipinski definition) is 1. The highest BCUT2D eigenvalue weighted by molar-refractivity contribution is 6.11. The van der Waals surface area contributed by atoms with Crippen LogP contribution in [-0.2, 0) is 0 Å². The second kappa shape index (κ2) is 9.23. The molecule has 2 aromatic carbocycles. The number of hydrogen-bond acceptors (Lipinski definition) is 7. The molecule has 0 saturated heterocycles. The van der Waals surface area contributed by atoms with Gasteiger partial charge in [0.2, 0.25) is 11.5 Å². The van der Waals surface area contributed by atoms with Crippen molar-refractivity contribution in [3.8, 4) is 23.0 Å². The normalized spacial score (nSPS) is 11.1. The summed E-state index contributed by atoms with van der Waals surface area (Å²) in [5.41, 5.74) is 9.13. The van der Waals surface area contributed by atoms with Gasteiger partial charge in [0.25, 0.3) is 0 Å². The SMILES string of the molecule is COc1cc(/C=C(\C)C(=O)c2ccc(N(C)C)c(N)c2)c(OC)c(OC)c1OC. The van der Waals surface area contributed by atoms with Gasteiger partial charge < -0.3 is 29.6 Å². The summed E-state index contributed by atoms with van der Waals surface area (Å²) < 4.78 is 21.8. The van der Waals surface area contributed by atoms with Gasteiger partial charge in [0.1, 0.15) is 0 Å². The Hall–Kier alpha value is -3.35. The molecule has 0 aliphatic heterocycles. The van der Waals surface area contributed by atoms with Gasteiger partial charge in [-0.15, -0.1) is 0 Å². The average Bonchev–Trinajstić information content (AvgIpc) is 2.71. The van der Waals surface area contributed by atoms with Crippen LogP contribution in [0.5, 0.6) is 23.0 Å². The fourth-order valence-electron chi connectivity index (χ4n) is 3.10. The van der Waals surface area contributed by atoms with Gasteiger partial charge in [-0.25, -0.2) is 0 Å². The van der Waals surface area contributed by atoms with Crippen molar-refractivity contribution in [1.29, 1.82) is 0 Å². The Labute approximate surface area is 171 Å². The van der Waals surface area contributed by atoms with Gasteiger partial charge in [-0.3, -0.25) is 4.79 Å². The van der Waals surface area contributed by atoms with Crippen LogP contribution in [0.25, 0.3) is 6.08 Å². The number of ether oxygens (including phenoxy) is 4. The van der Waals surface area contributed by atoms with Crippen LogP contribution in [0.2, 0.25) is 0 Å². The first-order valence-electron chi connectivity index (χ1n) is 8.95. The summed E-state index contributed by atoms with van der Waals surface area (Å²) in [6.45, 7) is 1.74. The van der Waals surface area contributed by atoms with Crippen LogP contribution in [-0.4, -0.2) is 48.3 Å². The molecule has 0 bridgehead atoms. The van der Waals surface area contributed by atoms with E-state index in [1.165, 1.54) is 28.4 Å². The first-order chi connectivity index (χ1) is 13.8. The molecule has 0 aliphatic carbocycles. The Morgan fingerprint density at radius 2 is 1.55 bits per heavy atom. The Morgan fingerprint density at radius 3 is 2.03 bits per heavy atom. The molecule has 0 saturated carbocycles. The van der Waals surface area contributed by atoms with Crippen molar-refractivity contribution in [2.45, 2.75) is 6.92 Å². The van der Waals surface area contributed by atoms with Crippen molar-refractivity contribution in [3.05, 3.63) is 41.0 Å². The summed E-state index contributed by atoms with van der Waals surface area (Å²) in [6, 6.07) is 7.01. The van der Waals surface area contributed by atoms with Gasteiger partial charge in [-0.1, -0.05) is 0 Å². The summed E-state index contributed by atoms with van der Waals surface area (Å²) in [6.07, 6.45) is 1.72. The molecule has 0 aromatic heterocycles. The lowest BCUT2D eigenvalue weighted by atomic mass is 10.0. The lowest BCUT2D eigenvalue weighted by Crippen LogP contribution is -2.12. The third-order valence-corrected chi connectivity index (χ3v) is 4.52. The van der Waals surface area contributed by atoms with Crippen molar-refractivity contribution < 1.29 is 23.7 Å². The predicted molar refractivity (Wildman–Crippen MR) is 116 cm³/mol. The zero-order valence-corrected chi connectivity index (χ0v) is 18.0. The number of Topliss-reactive ketones (excluding diaryl/α,β-unsaturated/α-hetero) is 1. The van der Waals surface area contributed by atoms with Crippen molar-refractivity contribution >= 4 is 23.2 Å². The van der Waals surface area contributed by atoms with Crippen molar-refractivity contribution in [1.82, 2.24) is 0 Å². The van der Waals surface area contributed by atoms with E-state index in [0.717, 1.165) is 5.69 Å². The number of carbonyl (C=O) groups is 1. The number of allylic oxidation sites excluding steroid dienone is 1. The standard InChI is InChI=1S/C22H28N2O5/c1-13(19(25)14-8-9-17(24(2)3)16(23)11-14)10-15-12-18(26-4)21(28-6)22(29-7)20(15)27-5/h8-12H,23H2,1-7H3/b13-10+. The van der Waals surface area contributed by atoms with E-state index >= 15 is 0 Å². The maximum Gasteiger partial charge on any atom is 0.207 e. The van der Waals surface area contributed by atoms with Gasteiger partial charge >= 0.3 is 0 Å². The second-order valence-electron chi connectivity index (χ2n) is 6.59. The highest BCUT2D eigenvalue weighted by Gasteiger charge is 2.21. The zero-order chi connectivity index (χ0) is 21.7. The minimum absolute atomic E-state index is 0.141. The Balaban J connectivity index is 2.53. The maximum atomic E-state index is 12.9. The molecule has 7 heteroatoms. The molecule has 7 nitrogen and oxygen atoms in total. The molecule has 0 atom stereocenters. The van der Waals surface area contributed by atoms with E-state index in [4.69, 9.17) is 24.7 Å². The highest BCUT2D eigenvalue weighted by Crippen LogP contribution is 2.47. The summed E-state index contributed by atoms with van der Waals surface area (Å²) in [5, 5.41) is 0. The third kappa shape index (κ3) is 4.39. The average molecular weight is 400 g/mol. The molecular weight excluding hydrogens is 372 g/mol. The van der Waals surface area contributed by atoms with E-state index in [1.54, 1.807) is 31.2 Å². The monoisotopic (exact) mass is 400 g/mol. The van der Waals surface area contributed by atoms with Crippen LogP contribution in [0.3, 0.4) is 0 Å². The summed E-state index contributed by atoms with van der Waals surface area (Å²) in [5.74, 6) is 1.58. The highest BCUT2D eigenvalue weighted by atomic mass is 16.5. The van der Waals surface area contributed by atoms with Crippen molar-refractivity contribution in [3.63, 3.8) is 0 Å². The molecule has 0 amide bonds. The Bertz CT molecular complexity index is 935. The number of benzene rings is 2. The minimum Gasteiger partial charge on any atom is -0.493 e. The zero-order valence-electron chi connectivity index (χ0n) is 18.0. The lowest BCUT2D eigenvalue weighted by Gasteiger charge is -2.18. The molecular formula is C22H28N2O5. The van der Waals surface area contributed by atoms with Crippen LogP contribution in [0.1, 0.15) is 22.8 Å². The second-order valence-corrected chi connectivity index (χ2v) is 6.59. The number of carbonyl (C=O) groups excluding carboxylic acids is 1. The van der Waals surface area contributed by atoms with Crippen LogP contribution in [0.4, 0.5) is 11.4 Å². The van der Waals surface area contributed by atoms with E-state index in [0.29, 0.717) is 45.4 Å². The molecule has 0 heterocycles. The molecule has 0 unspecified atom stereocenters. The third-order valence-electron chi connectivity index (χ3n) is 4.52. The van der Waals surface area contributed by atoms with Crippen molar-refractivity contribution in [2.24, 2.45) is 0 Å². The van der Waals surface area contributed by atoms with Crippen LogP contribution < -0.4 is 29.6 Å². The van der Waals surface area contributed by atoms with Crippen molar-refractivity contribution in [2.75, 3.05) is 53.2 Å². The molecule has 2 N–H and O–H groups in total. The Kier molecular flexibility index (Phi) is 6.98. The number of nitrogens with zero attached hydrogens (tertiary/aromatic N) is 1. The largest absolute Gasteiger partial charge is 0.493 e. The number of ketones is 1. The summed E-state index contributed by atoms with van der Waals surface area (Å²) in [4.78, 5) is 14.8. The topological polar surface area (TPSA) is 83.3 Å². The van der Waals surface area contributed by atoms with E-state index in [1.807, 2.05) is 25.1 Å². The number of anilines is 2. The van der Waals surface area contributed by atoms with Gasteiger partial charge in [-0.2, -0.15) is 0 Å². The fraction of sp³-hybridized carbons (Fsp3) is 0.318. The van der Waals surface area contributed by atoms with E-state index < -0.39 is 0 Å². The molecule has 2 rings (SSSR count). The van der Waals surface area contributed by atoms with Gasteiger partial charge in [0.15, 0.2) is 17.3 Å². The molecule has 0 aliphatic rings. The molecule has 156 valence electrons. The van der Waals surface area contributed by atoms with Gasteiger partial charge in [0, 0.05) is 25.2 Å². The molecule has 2 aromatic rings. The summed E-state index contributed by atoms with van der Waals surface area (Å²) in [7, 11) is 9.89. The van der Waals surface area contributed by atoms with E-state index in [-0.39, 0.29) is 5.78 Å². The summed E-state index contributed by atoms with van der Waals surface area (Å²) >= 11 is 0. The molecule has 0 spiro atoms. The number of nitrogen functional groups attached to an aromatic ring is 1. The van der Waals surface area contributed by atoms with E-state index in [2.05, 4.69) is 0 Å². The van der Waals surface area contributed by atoms with Gasteiger partial charge in [-0.05, 0) is 42.8 Å². The van der Waals surface area contributed by atoms with Crippen LogP contribution in [0.15, 0.2) is 29.8 Å². The first-order valence-corrected chi connectivity index (χ1v) is 8.95. The smallest absolute Gasteiger partial charge is 0.207 e. The molecule has 0 radical (unpaired) electrons.